The topological polar surface area (TPSA) is 37.3 Å². The first-order valence-electron chi connectivity index (χ1n) is 6.06. The van der Waals surface area contributed by atoms with Crippen molar-refractivity contribution in [2.75, 3.05) is 27.2 Å². The summed E-state index contributed by atoms with van der Waals surface area (Å²) in [5.41, 5.74) is 1.85. The maximum Gasteiger partial charge on any atom is 0.251 e. The largest absolute Gasteiger partial charge is 0.351 e. The summed E-state index contributed by atoms with van der Waals surface area (Å²) in [7, 11) is 5.98. The fraction of sp³-hybridized carbons (Fsp3) is 0.357. The van der Waals surface area contributed by atoms with Gasteiger partial charge in [-0.3, -0.25) is 4.79 Å². The van der Waals surface area contributed by atoms with Crippen LogP contribution in [0.3, 0.4) is 0 Å². The molecule has 0 aliphatic heterocycles. The van der Waals surface area contributed by atoms with E-state index < -0.39 is 0 Å². The van der Waals surface area contributed by atoms with Gasteiger partial charge in [-0.1, -0.05) is 0 Å². The normalized spacial score (nSPS) is 11.1. The molecule has 0 spiro atoms. The van der Waals surface area contributed by atoms with Gasteiger partial charge in [-0.15, -0.1) is 0 Å². The molecule has 1 aromatic carbocycles. The monoisotopic (exact) mass is 245 g/mol. The van der Waals surface area contributed by atoms with Crippen molar-refractivity contribution in [2.24, 2.45) is 7.05 Å². The van der Waals surface area contributed by atoms with Crippen molar-refractivity contribution in [1.82, 2.24) is 14.8 Å². The van der Waals surface area contributed by atoms with Crippen molar-refractivity contribution in [1.29, 1.82) is 0 Å². The van der Waals surface area contributed by atoms with Gasteiger partial charge >= 0.3 is 0 Å². The third-order valence-electron chi connectivity index (χ3n) is 2.99. The number of rotatable bonds is 4. The van der Waals surface area contributed by atoms with Gasteiger partial charge in [0.25, 0.3) is 5.91 Å². The van der Waals surface area contributed by atoms with Gasteiger partial charge in [-0.05, 0) is 38.4 Å². The highest BCUT2D eigenvalue weighted by atomic mass is 16.1. The lowest BCUT2D eigenvalue weighted by Gasteiger charge is -2.10. The SMILES string of the molecule is CN(C)CCNC(=O)c1ccc2c(ccn2C)c1. The lowest BCUT2D eigenvalue weighted by atomic mass is 10.1. The van der Waals surface area contributed by atoms with Gasteiger partial charge in [0.05, 0.1) is 0 Å². The second-order valence-corrected chi connectivity index (χ2v) is 4.76. The molecule has 1 amide bonds. The predicted octanol–water partition coefficient (Wildman–Crippen LogP) is 1.47. The molecule has 0 atom stereocenters. The molecule has 0 unspecified atom stereocenters. The number of aromatic nitrogens is 1. The summed E-state index contributed by atoms with van der Waals surface area (Å²) >= 11 is 0. The third kappa shape index (κ3) is 2.71. The predicted molar refractivity (Wildman–Crippen MR) is 73.8 cm³/mol. The van der Waals surface area contributed by atoms with Crippen LogP contribution < -0.4 is 5.32 Å². The zero-order chi connectivity index (χ0) is 13.1. The molecular weight excluding hydrogens is 226 g/mol. The Morgan fingerprint density at radius 2 is 2.11 bits per heavy atom. The smallest absolute Gasteiger partial charge is 0.251 e. The summed E-state index contributed by atoms with van der Waals surface area (Å²) < 4.78 is 2.04. The number of carbonyl (C=O) groups excluding carboxylic acids is 1. The van der Waals surface area contributed by atoms with Crippen LogP contribution in [0.15, 0.2) is 30.5 Å². The highest BCUT2D eigenvalue weighted by Crippen LogP contribution is 2.16. The number of hydrogen-bond donors (Lipinski definition) is 1. The molecule has 1 N–H and O–H groups in total. The number of nitrogens with zero attached hydrogens (tertiary/aromatic N) is 2. The molecule has 1 heterocycles. The van der Waals surface area contributed by atoms with Crippen molar-refractivity contribution < 1.29 is 4.79 Å². The molecule has 0 bridgehead atoms. The van der Waals surface area contributed by atoms with Crippen LogP contribution >= 0.6 is 0 Å². The quantitative estimate of drug-likeness (QED) is 0.885. The highest BCUT2D eigenvalue weighted by molar-refractivity contribution is 5.98. The number of amides is 1. The van der Waals surface area contributed by atoms with Crippen LogP contribution in [0.1, 0.15) is 10.4 Å². The average molecular weight is 245 g/mol. The van der Waals surface area contributed by atoms with Crippen molar-refractivity contribution in [2.45, 2.75) is 0 Å². The van der Waals surface area contributed by atoms with E-state index in [0.717, 1.165) is 17.4 Å². The molecule has 2 aromatic rings. The average Bonchev–Trinajstić information content (AvgIpc) is 2.70. The Labute approximate surface area is 107 Å². The first kappa shape index (κ1) is 12.6. The van der Waals surface area contributed by atoms with Gasteiger partial charge in [0, 0.05) is 42.8 Å². The lowest BCUT2D eigenvalue weighted by molar-refractivity contribution is 0.0951. The summed E-state index contributed by atoms with van der Waals surface area (Å²) in [4.78, 5) is 14.0. The maximum absolute atomic E-state index is 11.9. The van der Waals surface area contributed by atoms with Gasteiger partial charge in [0.15, 0.2) is 0 Å². The van der Waals surface area contributed by atoms with Crippen molar-refractivity contribution in [3.63, 3.8) is 0 Å². The van der Waals surface area contributed by atoms with Gasteiger partial charge in [-0.2, -0.15) is 0 Å². The molecule has 4 nitrogen and oxygen atoms in total. The standard InChI is InChI=1S/C14H19N3O/c1-16(2)9-7-15-14(18)12-4-5-13-11(10-12)6-8-17(13)3/h4-6,8,10H,7,9H2,1-3H3,(H,15,18). The van der Waals surface area contributed by atoms with Gasteiger partial charge in [0.2, 0.25) is 0 Å². The summed E-state index contributed by atoms with van der Waals surface area (Å²) in [6, 6.07) is 7.80. The Bertz CT molecular complexity index is 557. The molecule has 0 fully saturated rings. The summed E-state index contributed by atoms with van der Waals surface area (Å²) in [6.45, 7) is 1.51. The maximum atomic E-state index is 11.9. The van der Waals surface area contributed by atoms with Crippen LogP contribution in [-0.2, 0) is 7.05 Å². The summed E-state index contributed by atoms with van der Waals surface area (Å²) in [5, 5.41) is 4.01. The van der Waals surface area contributed by atoms with E-state index in [0.29, 0.717) is 12.1 Å². The van der Waals surface area contributed by atoms with E-state index in [1.54, 1.807) is 0 Å². The minimum absolute atomic E-state index is 0.0115. The van der Waals surface area contributed by atoms with E-state index in [2.05, 4.69) is 5.32 Å². The molecule has 4 heteroatoms. The second-order valence-electron chi connectivity index (χ2n) is 4.76. The van der Waals surface area contributed by atoms with E-state index in [1.165, 1.54) is 0 Å². The Balaban J connectivity index is 2.08. The molecule has 0 saturated heterocycles. The van der Waals surface area contributed by atoms with Crippen LogP contribution in [0.5, 0.6) is 0 Å². The van der Waals surface area contributed by atoms with Crippen LogP contribution in [0.2, 0.25) is 0 Å². The van der Waals surface area contributed by atoms with Gasteiger partial charge in [-0.25, -0.2) is 0 Å². The van der Waals surface area contributed by atoms with Crippen molar-refractivity contribution in [3.8, 4) is 0 Å². The first-order valence-corrected chi connectivity index (χ1v) is 6.06. The summed E-state index contributed by atoms with van der Waals surface area (Å²) in [6.07, 6.45) is 2.00. The summed E-state index contributed by atoms with van der Waals surface area (Å²) in [5.74, 6) is -0.0115. The molecular formula is C14H19N3O. The minimum Gasteiger partial charge on any atom is -0.351 e. The van der Waals surface area contributed by atoms with E-state index in [4.69, 9.17) is 0 Å². The zero-order valence-electron chi connectivity index (χ0n) is 11.1. The number of likely N-dealkylation sites (N-methyl/N-ethyl adjacent to an activating group) is 1. The fourth-order valence-corrected chi connectivity index (χ4v) is 1.92. The number of hydrogen-bond acceptors (Lipinski definition) is 2. The zero-order valence-corrected chi connectivity index (χ0v) is 11.1. The first-order chi connectivity index (χ1) is 8.58. The van der Waals surface area contributed by atoms with E-state index in [9.17, 15) is 4.79 Å². The van der Waals surface area contributed by atoms with Crippen LogP contribution in [-0.4, -0.2) is 42.6 Å². The number of fused-ring (bicyclic) bond motifs is 1. The molecule has 0 aliphatic carbocycles. The number of aryl methyl sites for hydroxylation is 1. The van der Waals surface area contributed by atoms with E-state index in [1.807, 2.05) is 61.1 Å². The number of nitrogens with one attached hydrogen (secondary N) is 1. The third-order valence-corrected chi connectivity index (χ3v) is 2.99. The molecule has 0 radical (unpaired) electrons. The minimum atomic E-state index is -0.0115. The Morgan fingerprint density at radius 1 is 1.33 bits per heavy atom. The second kappa shape index (κ2) is 5.23. The molecule has 2 rings (SSSR count). The Hall–Kier alpha value is -1.81. The van der Waals surface area contributed by atoms with Crippen molar-refractivity contribution >= 4 is 16.8 Å². The Morgan fingerprint density at radius 3 is 2.83 bits per heavy atom. The number of carbonyl (C=O) groups is 1. The Kier molecular flexibility index (Phi) is 3.67. The lowest BCUT2D eigenvalue weighted by Crippen LogP contribution is -2.31. The molecule has 18 heavy (non-hydrogen) atoms. The van der Waals surface area contributed by atoms with Gasteiger partial charge < -0.3 is 14.8 Å². The molecule has 0 aliphatic rings. The van der Waals surface area contributed by atoms with Crippen LogP contribution in [0, 0.1) is 0 Å². The molecule has 0 saturated carbocycles. The fourth-order valence-electron chi connectivity index (χ4n) is 1.92. The van der Waals surface area contributed by atoms with Crippen LogP contribution in [0.25, 0.3) is 10.9 Å². The number of benzene rings is 1. The van der Waals surface area contributed by atoms with E-state index in [-0.39, 0.29) is 5.91 Å². The molecule has 96 valence electrons. The van der Waals surface area contributed by atoms with Crippen molar-refractivity contribution in [3.05, 3.63) is 36.0 Å². The molecule has 1 aromatic heterocycles. The van der Waals surface area contributed by atoms with Crippen LogP contribution in [0.4, 0.5) is 0 Å². The van der Waals surface area contributed by atoms with Gasteiger partial charge in [0.1, 0.15) is 0 Å². The highest BCUT2D eigenvalue weighted by Gasteiger charge is 2.07. The van der Waals surface area contributed by atoms with E-state index >= 15 is 0 Å².